The molecule has 2 heterocycles. The number of hydrogen-bond donors (Lipinski definition) is 2. The summed E-state index contributed by atoms with van der Waals surface area (Å²) < 4.78 is 29.2. The molecule has 32 heavy (non-hydrogen) atoms. The maximum absolute atomic E-state index is 12.5. The van der Waals surface area contributed by atoms with Gasteiger partial charge in [-0.25, -0.2) is 8.42 Å². The first-order chi connectivity index (χ1) is 15.5. The van der Waals surface area contributed by atoms with Crippen molar-refractivity contribution >= 4 is 33.0 Å². The Morgan fingerprint density at radius 3 is 2.47 bits per heavy atom. The van der Waals surface area contributed by atoms with Crippen LogP contribution in [0.5, 0.6) is 0 Å². The number of benzene rings is 2. The Kier molecular flexibility index (Phi) is 6.75. The van der Waals surface area contributed by atoms with E-state index in [1.54, 1.807) is 35.1 Å². The summed E-state index contributed by atoms with van der Waals surface area (Å²) in [5.74, 6) is -1.26. The molecule has 0 saturated carbocycles. The van der Waals surface area contributed by atoms with Crippen LogP contribution in [0.3, 0.4) is 0 Å². The van der Waals surface area contributed by atoms with Crippen LogP contribution in [0.4, 0.5) is 17.1 Å². The Morgan fingerprint density at radius 2 is 1.75 bits per heavy atom. The van der Waals surface area contributed by atoms with Crippen LogP contribution >= 0.6 is 0 Å². The summed E-state index contributed by atoms with van der Waals surface area (Å²) in [6.45, 7) is 2.60. The van der Waals surface area contributed by atoms with Crippen molar-refractivity contribution < 1.29 is 13.2 Å². The van der Waals surface area contributed by atoms with Gasteiger partial charge >= 0.3 is 0 Å². The molecule has 1 aliphatic rings. The largest absolute Gasteiger partial charge is 0.372 e. The molecule has 168 valence electrons. The zero-order chi connectivity index (χ0) is 22.4. The Labute approximate surface area is 188 Å². The highest BCUT2D eigenvalue weighted by Gasteiger charge is 2.17. The fraction of sp³-hybridized carbons (Fsp3) is 0.304. The van der Waals surface area contributed by atoms with E-state index in [1.165, 1.54) is 19.3 Å². The predicted octanol–water partition coefficient (Wildman–Crippen LogP) is 3.30. The minimum Gasteiger partial charge on any atom is -0.372 e. The van der Waals surface area contributed by atoms with E-state index in [4.69, 9.17) is 0 Å². The third kappa shape index (κ3) is 6.10. The molecule has 0 unspecified atom stereocenters. The van der Waals surface area contributed by atoms with E-state index in [1.807, 2.05) is 36.5 Å². The third-order valence-corrected chi connectivity index (χ3v) is 6.49. The van der Waals surface area contributed by atoms with E-state index in [-0.39, 0.29) is 0 Å². The molecule has 1 aromatic heterocycles. The van der Waals surface area contributed by atoms with E-state index >= 15 is 0 Å². The highest BCUT2D eigenvalue weighted by molar-refractivity contribution is 7.93. The minimum atomic E-state index is -3.83. The second-order valence-corrected chi connectivity index (χ2v) is 9.63. The van der Waals surface area contributed by atoms with Gasteiger partial charge in [0, 0.05) is 42.5 Å². The number of hydrogen-bond acceptors (Lipinski definition) is 5. The molecule has 1 fully saturated rings. The fourth-order valence-electron chi connectivity index (χ4n) is 3.81. The average molecular weight is 454 g/mol. The van der Waals surface area contributed by atoms with Gasteiger partial charge in [-0.05, 0) is 67.3 Å². The molecule has 0 atom stereocenters. The van der Waals surface area contributed by atoms with Gasteiger partial charge in [0.2, 0.25) is 15.9 Å². The van der Waals surface area contributed by atoms with Gasteiger partial charge in [-0.15, -0.1) is 0 Å². The molecule has 4 rings (SSSR count). The monoisotopic (exact) mass is 453 g/mol. The summed E-state index contributed by atoms with van der Waals surface area (Å²) in [4.78, 5) is 14.7. The number of rotatable bonds is 8. The van der Waals surface area contributed by atoms with Crippen molar-refractivity contribution in [3.8, 4) is 0 Å². The number of aromatic nitrogens is 2. The summed E-state index contributed by atoms with van der Waals surface area (Å²) in [5.41, 5.74) is 3.02. The molecule has 1 aliphatic heterocycles. The van der Waals surface area contributed by atoms with Crippen LogP contribution in [0, 0.1) is 0 Å². The highest BCUT2D eigenvalue weighted by Crippen LogP contribution is 2.22. The van der Waals surface area contributed by atoms with Crippen LogP contribution < -0.4 is 14.9 Å². The molecule has 2 N–H and O–H groups in total. The molecule has 3 aromatic rings. The normalized spacial score (nSPS) is 14.2. The first-order valence-corrected chi connectivity index (χ1v) is 12.3. The highest BCUT2D eigenvalue weighted by atomic mass is 32.2. The van der Waals surface area contributed by atoms with E-state index in [2.05, 4.69) is 20.0 Å². The molecule has 0 spiro atoms. The molecule has 1 amide bonds. The molecule has 9 heteroatoms. The van der Waals surface area contributed by atoms with E-state index < -0.39 is 21.7 Å². The van der Waals surface area contributed by atoms with Crippen LogP contribution in [0.2, 0.25) is 0 Å². The molecule has 2 aromatic carbocycles. The second kappa shape index (κ2) is 9.86. The Hall–Kier alpha value is -3.33. The standard InChI is InChI=1S/C23H27N5O3S/c29-23(25-21-7-4-6-19(16-21)17-28-15-5-12-24-28)18-32(30,31)26-20-8-10-22(11-9-20)27-13-2-1-3-14-27/h4-12,15-16,26H,1-3,13-14,17-18H2,(H,25,29). The molecular weight excluding hydrogens is 426 g/mol. The smallest absolute Gasteiger partial charge is 0.241 e. The lowest BCUT2D eigenvalue weighted by Gasteiger charge is -2.28. The Morgan fingerprint density at radius 1 is 0.969 bits per heavy atom. The SMILES string of the molecule is O=C(CS(=O)(=O)Nc1ccc(N2CCCCC2)cc1)Nc1cccc(Cn2cccn2)c1. The lowest BCUT2D eigenvalue weighted by molar-refractivity contribution is -0.113. The second-order valence-electron chi connectivity index (χ2n) is 7.91. The van der Waals surface area contributed by atoms with Crippen LogP contribution in [-0.4, -0.2) is 42.9 Å². The number of piperidine rings is 1. The lowest BCUT2D eigenvalue weighted by atomic mass is 10.1. The first kappa shape index (κ1) is 21.9. The lowest BCUT2D eigenvalue weighted by Crippen LogP contribution is -2.29. The topological polar surface area (TPSA) is 96.3 Å². The molecular formula is C23H27N5O3S. The third-order valence-electron chi connectivity index (χ3n) is 5.30. The van der Waals surface area contributed by atoms with Crippen molar-refractivity contribution in [1.82, 2.24) is 9.78 Å². The molecule has 0 radical (unpaired) electrons. The van der Waals surface area contributed by atoms with Crippen molar-refractivity contribution in [2.45, 2.75) is 25.8 Å². The Balaban J connectivity index is 1.32. The summed E-state index contributed by atoms with van der Waals surface area (Å²) in [6.07, 6.45) is 7.16. The van der Waals surface area contributed by atoms with Crippen molar-refractivity contribution in [2.75, 3.05) is 33.8 Å². The summed E-state index contributed by atoms with van der Waals surface area (Å²) >= 11 is 0. The number of nitrogens with one attached hydrogen (secondary N) is 2. The molecule has 0 bridgehead atoms. The maximum Gasteiger partial charge on any atom is 0.241 e. The van der Waals surface area contributed by atoms with Crippen LogP contribution in [0.1, 0.15) is 24.8 Å². The molecule has 8 nitrogen and oxygen atoms in total. The number of nitrogens with zero attached hydrogens (tertiary/aromatic N) is 3. The van der Waals surface area contributed by atoms with Crippen molar-refractivity contribution in [3.05, 3.63) is 72.6 Å². The van der Waals surface area contributed by atoms with E-state index in [9.17, 15) is 13.2 Å². The van der Waals surface area contributed by atoms with E-state index in [0.717, 1.165) is 24.3 Å². The molecule has 1 saturated heterocycles. The number of carbonyl (C=O) groups excluding carboxylic acids is 1. The summed E-state index contributed by atoms with van der Waals surface area (Å²) in [5, 5.41) is 6.82. The van der Waals surface area contributed by atoms with Crippen LogP contribution in [0.25, 0.3) is 0 Å². The summed E-state index contributed by atoms with van der Waals surface area (Å²) in [7, 11) is -3.83. The first-order valence-electron chi connectivity index (χ1n) is 10.7. The van der Waals surface area contributed by atoms with Gasteiger partial charge in [0.25, 0.3) is 0 Å². The van der Waals surface area contributed by atoms with Gasteiger partial charge < -0.3 is 10.2 Å². The number of anilines is 3. The Bertz CT molecular complexity index is 1140. The van der Waals surface area contributed by atoms with Gasteiger partial charge in [-0.1, -0.05) is 12.1 Å². The molecule has 0 aliphatic carbocycles. The zero-order valence-electron chi connectivity index (χ0n) is 17.8. The van der Waals surface area contributed by atoms with Crippen LogP contribution in [0.15, 0.2) is 67.0 Å². The number of carbonyl (C=O) groups is 1. The fourth-order valence-corrected chi connectivity index (χ4v) is 4.79. The van der Waals surface area contributed by atoms with Gasteiger partial charge in [-0.3, -0.25) is 14.2 Å². The van der Waals surface area contributed by atoms with Crippen molar-refractivity contribution in [3.63, 3.8) is 0 Å². The quantitative estimate of drug-likeness (QED) is 0.546. The minimum absolute atomic E-state index is 0.444. The van der Waals surface area contributed by atoms with Gasteiger partial charge in [0.15, 0.2) is 0 Å². The van der Waals surface area contributed by atoms with Gasteiger partial charge in [-0.2, -0.15) is 5.10 Å². The predicted molar refractivity (Wildman–Crippen MR) is 126 cm³/mol. The van der Waals surface area contributed by atoms with Gasteiger partial charge in [0.05, 0.1) is 6.54 Å². The van der Waals surface area contributed by atoms with E-state index in [0.29, 0.717) is 17.9 Å². The average Bonchev–Trinajstić information content (AvgIpc) is 3.27. The van der Waals surface area contributed by atoms with Crippen LogP contribution in [-0.2, 0) is 21.4 Å². The van der Waals surface area contributed by atoms with Crippen molar-refractivity contribution in [2.24, 2.45) is 0 Å². The van der Waals surface area contributed by atoms with Gasteiger partial charge in [0.1, 0.15) is 5.75 Å². The number of amides is 1. The van der Waals surface area contributed by atoms with Crippen molar-refractivity contribution in [1.29, 1.82) is 0 Å². The zero-order valence-corrected chi connectivity index (χ0v) is 18.6. The number of sulfonamides is 1. The summed E-state index contributed by atoms with van der Waals surface area (Å²) in [6, 6.07) is 16.4. The maximum atomic E-state index is 12.5.